The smallest absolute Gasteiger partial charge is 0.262 e. The molecule has 3 aromatic heterocycles. The Balaban J connectivity index is 1.42. The Morgan fingerprint density at radius 3 is 2.61 bits per heavy atom. The van der Waals surface area contributed by atoms with Gasteiger partial charge in [0.15, 0.2) is 0 Å². The first kappa shape index (κ1) is 21.9. The fraction of sp³-hybridized carbons (Fsp3) is 0.304. The summed E-state index contributed by atoms with van der Waals surface area (Å²) >= 11 is 12.6. The first-order chi connectivity index (χ1) is 16.0. The number of nitrogens with zero attached hydrogens (tertiary/aromatic N) is 6. The number of likely N-dealkylation sites (tertiary alicyclic amines) is 1. The SMILES string of the molecule is CCN1CCC(n2cc(-c3cnc(N)c(-c4nc(-c5c(Cl)cccc5Cl)no4)c3)cn2)CC1. The minimum Gasteiger partial charge on any atom is -0.383 e. The highest BCUT2D eigenvalue weighted by Gasteiger charge is 2.22. The molecule has 1 aliphatic heterocycles. The lowest BCUT2D eigenvalue weighted by molar-refractivity contribution is 0.187. The summed E-state index contributed by atoms with van der Waals surface area (Å²) in [4.78, 5) is 11.3. The van der Waals surface area contributed by atoms with Crippen LogP contribution < -0.4 is 5.73 Å². The summed E-state index contributed by atoms with van der Waals surface area (Å²) in [5, 5.41) is 9.54. The maximum atomic E-state index is 6.28. The van der Waals surface area contributed by atoms with Crippen LogP contribution in [0.5, 0.6) is 0 Å². The van der Waals surface area contributed by atoms with E-state index in [1.54, 1.807) is 24.4 Å². The minimum atomic E-state index is 0.243. The van der Waals surface area contributed by atoms with Gasteiger partial charge < -0.3 is 15.2 Å². The minimum absolute atomic E-state index is 0.243. The molecule has 1 aromatic carbocycles. The van der Waals surface area contributed by atoms with Gasteiger partial charge in [0, 0.05) is 36.6 Å². The molecule has 10 heteroatoms. The monoisotopic (exact) mass is 483 g/mol. The summed E-state index contributed by atoms with van der Waals surface area (Å²) in [7, 11) is 0. The average Bonchev–Trinajstić information content (AvgIpc) is 3.50. The van der Waals surface area contributed by atoms with Crippen molar-refractivity contribution in [2.45, 2.75) is 25.8 Å². The molecule has 1 aliphatic rings. The molecule has 0 spiro atoms. The van der Waals surface area contributed by atoms with E-state index in [1.165, 1.54) is 0 Å². The Bertz CT molecular complexity index is 1260. The molecule has 33 heavy (non-hydrogen) atoms. The molecular formula is C23H23Cl2N7O. The van der Waals surface area contributed by atoms with Crippen LogP contribution >= 0.6 is 23.2 Å². The molecule has 1 saturated heterocycles. The zero-order valence-corrected chi connectivity index (χ0v) is 19.6. The molecule has 0 bridgehead atoms. The van der Waals surface area contributed by atoms with Gasteiger partial charge in [0.1, 0.15) is 5.82 Å². The van der Waals surface area contributed by atoms with Gasteiger partial charge in [-0.05, 0) is 37.6 Å². The van der Waals surface area contributed by atoms with Crippen LogP contribution in [0, 0.1) is 0 Å². The molecule has 0 radical (unpaired) electrons. The van der Waals surface area contributed by atoms with Crippen LogP contribution in [0.25, 0.3) is 34.0 Å². The average molecular weight is 484 g/mol. The Morgan fingerprint density at radius 1 is 1.12 bits per heavy atom. The second kappa shape index (κ2) is 9.13. The van der Waals surface area contributed by atoms with E-state index in [2.05, 4.69) is 42.9 Å². The second-order valence-corrected chi connectivity index (χ2v) is 8.87. The predicted molar refractivity (Wildman–Crippen MR) is 129 cm³/mol. The topological polar surface area (TPSA) is 98.9 Å². The molecule has 4 heterocycles. The molecule has 1 fully saturated rings. The molecule has 170 valence electrons. The number of rotatable bonds is 5. The maximum absolute atomic E-state index is 6.28. The summed E-state index contributed by atoms with van der Waals surface area (Å²) < 4.78 is 7.54. The van der Waals surface area contributed by atoms with Crippen molar-refractivity contribution in [2.24, 2.45) is 0 Å². The van der Waals surface area contributed by atoms with E-state index in [1.807, 2.05) is 12.3 Å². The standard InChI is InChI=1S/C23H23Cl2N7O/c1-2-31-8-6-16(7-9-31)32-13-15(12-28-32)14-10-17(21(26)27-11-14)23-29-22(30-33-23)20-18(24)4-3-5-19(20)25/h3-5,10-13,16H,2,6-9H2,1H3,(H2,26,27). The first-order valence-corrected chi connectivity index (χ1v) is 11.6. The van der Waals surface area contributed by atoms with Gasteiger partial charge in [0.25, 0.3) is 5.89 Å². The van der Waals surface area contributed by atoms with Gasteiger partial charge in [-0.1, -0.05) is 41.3 Å². The van der Waals surface area contributed by atoms with Crippen molar-refractivity contribution in [1.29, 1.82) is 0 Å². The highest BCUT2D eigenvalue weighted by Crippen LogP contribution is 2.35. The summed E-state index contributed by atoms with van der Waals surface area (Å²) in [6, 6.07) is 7.49. The number of anilines is 1. The van der Waals surface area contributed by atoms with Crippen LogP contribution in [0.3, 0.4) is 0 Å². The van der Waals surface area contributed by atoms with E-state index >= 15 is 0 Å². The van der Waals surface area contributed by atoms with Crippen molar-refractivity contribution in [1.82, 2.24) is 29.8 Å². The van der Waals surface area contributed by atoms with Crippen LogP contribution in [0.15, 0.2) is 47.4 Å². The van der Waals surface area contributed by atoms with Crippen LogP contribution in [0.2, 0.25) is 10.0 Å². The molecule has 8 nitrogen and oxygen atoms in total. The highest BCUT2D eigenvalue weighted by atomic mass is 35.5. The van der Waals surface area contributed by atoms with Crippen LogP contribution in [-0.4, -0.2) is 49.4 Å². The number of hydrogen-bond acceptors (Lipinski definition) is 7. The molecule has 0 saturated carbocycles. The van der Waals surface area contributed by atoms with Crippen molar-refractivity contribution in [3.8, 4) is 34.0 Å². The highest BCUT2D eigenvalue weighted by molar-refractivity contribution is 6.38. The molecular weight excluding hydrogens is 461 g/mol. The van der Waals surface area contributed by atoms with Gasteiger partial charge in [-0.15, -0.1) is 0 Å². The Morgan fingerprint density at radius 2 is 1.88 bits per heavy atom. The zero-order chi connectivity index (χ0) is 22.9. The van der Waals surface area contributed by atoms with Crippen molar-refractivity contribution in [2.75, 3.05) is 25.4 Å². The molecule has 0 aliphatic carbocycles. The fourth-order valence-electron chi connectivity index (χ4n) is 4.14. The number of halogens is 2. The number of hydrogen-bond donors (Lipinski definition) is 1. The summed E-state index contributed by atoms with van der Waals surface area (Å²) in [6.45, 7) is 5.49. The predicted octanol–water partition coefficient (Wildman–Crippen LogP) is 5.21. The molecule has 4 aromatic rings. The third-order valence-corrected chi connectivity index (χ3v) is 6.70. The van der Waals surface area contributed by atoms with Gasteiger partial charge in [0.2, 0.25) is 5.82 Å². The third kappa shape index (κ3) is 4.34. The normalized spacial score (nSPS) is 15.2. The lowest BCUT2D eigenvalue weighted by Crippen LogP contribution is -2.34. The van der Waals surface area contributed by atoms with Gasteiger partial charge in [-0.3, -0.25) is 4.68 Å². The molecule has 0 atom stereocenters. The Kier molecular flexibility index (Phi) is 6.05. The number of nitrogens with two attached hydrogens (primary N) is 1. The van der Waals surface area contributed by atoms with Crippen molar-refractivity contribution in [3.63, 3.8) is 0 Å². The Hall–Kier alpha value is -2.94. The molecule has 5 rings (SSSR count). The van der Waals surface area contributed by atoms with E-state index < -0.39 is 0 Å². The van der Waals surface area contributed by atoms with E-state index in [0.29, 0.717) is 33.0 Å². The summed E-state index contributed by atoms with van der Waals surface area (Å²) in [5.41, 5.74) is 9.01. The third-order valence-electron chi connectivity index (χ3n) is 6.07. The summed E-state index contributed by atoms with van der Waals surface area (Å²) in [6.07, 6.45) is 7.82. The maximum Gasteiger partial charge on any atom is 0.262 e. The molecule has 0 amide bonds. The quantitative estimate of drug-likeness (QED) is 0.415. The van der Waals surface area contributed by atoms with E-state index in [-0.39, 0.29) is 11.7 Å². The number of aromatic nitrogens is 5. The summed E-state index contributed by atoms with van der Waals surface area (Å²) in [5.74, 6) is 0.822. The van der Waals surface area contributed by atoms with Gasteiger partial charge >= 0.3 is 0 Å². The molecule has 2 N–H and O–H groups in total. The van der Waals surface area contributed by atoms with Gasteiger partial charge in [0.05, 0.1) is 33.4 Å². The van der Waals surface area contributed by atoms with E-state index in [0.717, 1.165) is 43.6 Å². The Labute approximate surface area is 201 Å². The van der Waals surface area contributed by atoms with Crippen molar-refractivity contribution < 1.29 is 4.52 Å². The number of piperidine rings is 1. The molecule has 0 unspecified atom stereocenters. The van der Waals surface area contributed by atoms with Gasteiger partial charge in [-0.25, -0.2) is 4.98 Å². The van der Waals surface area contributed by atoms with E-state index in [4.69, 9.17) is 33.5 Å². The first-order valence-electron chi connectivity index (χ1n) is 10.8. The fourth-order valence-corrected chi connectivity index (χ4v) is 4.70. The van der Waals surface area contributed by atoms with Crippen LogP contribution in [-0.2, 0) is 0 Å². The number of benzene rings is 1. The van der Waals surface area contributed by atoms with Crippen LogP contribution in [0.1, 0.15) is 25.8 Å². The zero-order valence-electron chi connectivity index (χ0n) is 18.1. The largest absolute Gasteiger partial charge is 0.383 e. The van der Waals surface area contributed by atoms with Crippen molar-refractivity contribution >= 4 is 29.0 Å². The van der Waals surface area contributed by atoms with Crippen LogP contribution in [0.4, 0.5) is 5.82 Å². The van der Waals surface area contributed by atoms with Crippen molar-refractivity contribution in [3.05, 3.63) is 52.9 Å². The van der Waals surface area contributed by atoms with E-state index in [9.17, 15) is 0 Å². The lowest BCUT2D eigenvalue weighted by atomic mass is 10.1. The number of nitrogen functional groups attached to an aromatic ring is 1. The van der Waals surface area contributed by atoms with Gasteiger partial charge in [-0.2, -0.15) is 10.1 Å². The lowest BCUT2D eigenvalue weighted by Gasteiger charge is -2.31. The second-order valence-electron chi connectivity index (χ2n) is 8.05. The number of pyridine rings is 1.